The summed E-state index contributed by atoms with van der Waals surface area (Å²) >= 11 is 0.675. The Kier molecular flexibility index (Phi) is 6.30. The van der Waals surface area contributed by atoms with Gasteiger partial charge in [-0.25, -0.2) is 4.39 Å². The Hall–Kier alpha value is -3.73. The molecule has 3 amide bonds. The van der Waals surface area contributed by atoms with E-state index in [1.807, 2.05) is 0 Å². The summed E-state index contributed by atoms with van der Waals surface area (Å²) in [5.41, 5.74) is 10.4. The van der Waals surface area contributed by atoms with Crippen LogP contribution in [0.5, 0.6) is 0 Å². The molecule has 9 nitrogen and oxygen atoms in total. The molecule has 0 bridgehead atoms. The van der Waals surface area contributed by atoms with Crippen LogP contribution in [-0.4, -0.2) is 27.6 Å². The molecule has 32 heavy (non-hydrogen) atoms. The molecule has 0 aliphatic heterocycles. The number of nitrogens with two attached hydrogens (primary N) is 2. The first-order chi connectivity index (χ1) is 15.0. The first-order valence-electron chi connectivity index (χ1n) is 9.49. The van der Waals surface area contributed by atoms with Crippen LogP contribution in [0.3, 0.4) is 0 Å². The lowest BCUT2D eigenvalue weighted by atomic mass is 10.1. The summed E-state index contributed by atoms with van der Waals surface area (Å²) in [7, 11) is 0. The van der Waals surface area contributed by atoms with Crippen molar-refractivity contribution in [2.45, 2.75) is 32.4 Å². The highest BCUT2D eigenvalue weighted by atomic mass is 32.1. The van der Waals surface area contributed by atoms with Crippen molar-refractivity contribution >= 4 is 40.6 Å². The van der Waals surface area contributed by atoms with E-state index in [-0.39, 0.29) is 27.7 Å². The number of nitrogens with zero attached hydrogens (tertiary/aromatic N) is 2. The van der Waals surface area contributed by atoms with Gasteiger partial charge in [0.25, 0.3) is 17.7 Å². The number of hydrogen-bond donors (Lipinski definition) is 3. The van der Waals surface area contributed by atoms with Gasteiger partial charge in [0.05, 0.1) is 12.0 Å². The monoisotopic (exact) mass is 459 g/mol. The zero-order chi connectivity index (χ0) is 23.6. The van der Waals surface area contributed by atoms with E-state index >= 15 is 0 Å². The van der Waals surface area contributed by atoms with Gasteiger partial charge in [0.1, 0.15) is 16.5 Å². The van der Waals surface area contributed by atoms with E-state index in [0.29, 0.717) is 11.5 Å². The second-order valence-corrected chi connectivity index (χ2v) is 8.72. The second-order valence-electron chi connectivity index (χ2n) is 7.95. The van der Waals surface area contributed by atoms with Crippen molar-refractivity contribution in [3.63, 3.8) is 0 Å². The topological polar surface area (TPSA) is 145 Å². The number of amides is 3. The fourth-order valence-electron chi connectivity index (χ4n) is 2.98. The van der Waals surface area contributed by atoms with E-state index in [1.165, 1.54) is 18.4 Å². The first-order valence-corrected chi connectivity index (χ1v) is 10.3. The van der Waals surface area contributed by atoms with E-state index < -0.39 is 35.1 Å². The lowest BCUT2D eigenvalue weighted by molar-refractivity contribution is -0.124. The average molecular weight is 460 g/mol. The number of nitrogen functional groups attached to an aromatic ring is 1. The molecule has 3 rings (SSSR count). The van der Waals surface area contributed by atoms with Crippen LogP contribution >= 0.6 is 11.5 Å². The number of primary amides is 1. The molecule has 0 saturated carbocycles. The van der Waals surface area contributed by atoms with Gasteiger partial charge in [0, 0.05) is 11.2 Å². The van der Waals surface area contributed by atoms with Crippen LogP contribution in [0, 0.1) is 5.82 Å². The number of anilines is 2. The third-order valence-corrected chi connectivity index (χ3v) is 5.15. The van der Waals surface area contributed by atoms with Gasteiger partial charge in [-0.2, -0.15) is 4.37 Å². The summed E-state index contributed by atoms with van der Waals surface area (Å²) in [5, 5.41) is 2.83. The van der Waals surface area contributed by atoms with Crippen LogP contribution in [0.2, 0.25) is 0 Å². The number of rotatable bonds is 6. The van der Waals surface area contributed by atoms with Crippen molar-refractivity contribution in [2.24, 2.45) is 5.73 Å². The van der Waals surface area contributed by atoms with Crippen LogP contribution < -0.4 is 21.7 Å². The van der Waals surface area contributed by atoms with E-state index in [9.17, 15) is 18.8 Å². The molecule has 5 N–H and O–H groups in total. The quantitative estimate of drug-likeness (QED) is 0.517. The van der Waals surface area contributed by atoms with Crippen molar-refractivity contribution in [3.8, 4) is 0 Å². The Morgan fingerprint density at radius 2 is 1.84 bits per heavy atom. The highest BCUT2D eigenvalue weighted by Crippen LogP contribution is 2.33. The molecule has 11 heteroatoms. The maximum absolute atomic E-state index is 13.6. The third-order valence-electron chi connectivity index (χ3n) is 4.30. The van der Waals surface area contributed by atoms with Gasteiger partial charge in [-0.15, -0.1) is 0 Å². The largest absolute Gasteiger partial charge is 0.467 e. The summed E-state index contributed by atoms with van der Waals surface area (Å²) in [5.74, 6) is -2.52. The highest BCUT2D eigenvalue weighted by Gasteiger charge is 2.38. The molecule has 0 spiro atoms. The molecule has 0 aliphatic rings. The molecule has 0 radical (unpaired) electrons. The van der Waals surface area contributed by atoms with Gasteiger partial charge < -0.3 is 21.2 Å². The molecular weight excluding hydrogens is 437 g/mol. The fraction of sp³-hybridized carbons (Fsp3) is 0.238. The van der Waals surface area contributed by atoms with Crippen molar-refractivity contribution in [1.82, 2.24) is 9.69 Å². The van der Waals surface area contributed by atoms with Gasteiger partial charge >= 0.3 is 0 Å². The highest BCUT2D eigenvalue weighted by molar-refractivity contribution is 7.09. The minimum atomic E-state index is -1.26. The molecule has 1 atom stereocenters. The molecule has 0 fully saturated rings. The minimum absolute atomic E-state index is 0.0942. The van der Waals surface area contributed by atoms with Crippen molar-refractivity contribution < 1.29 is 23.2 Å². The predicted molar refractivity (Wildman–Crippen MR) is 118 cm³/mol. The molecule has 0 aliphatic carbocycles. The van der Waals surface area contributed by atoms with Crippen molar-refractivity contribution in [3.05, 3.63) is 64.8 Å². The maximum atomic E-state index is 13.6. The summed E-state index contributed by atoms with van der Waals surface area (Å²) in [6.45, 7) is 5.36. The van der Waals surface area contributed by atoms with Gasteiger partial charge in [-0.05, 0) is 68.7 Å². The SMILES string of the molecule is CC(C)(C)NC(=O)C(c1ccco1)N(C(=O)c1snc(C(N)=O)c1N)c1ccc(F)cc1. The molecule has 1 aromatic carbocycles. The van der Waals surface area contributed by atoms with E-state index in [4.69, 9.17) is 15.9 Å². The molecular formula is C21H22FN5O4S. The summed E-state index contributed by atoms with van der Waals surface area (Å²) in [4.78, 5) is 39.5. The number of carbonyl (C=O) groups is 3. The fourth-order valence-corrected chi connectivity index (χ4v) is 3.72. The normalized spacial score (nSPS) is 12.2. The number of benzene rings is 1. The van der Waals surface area contributed by atoms with Crippen LogP contribution in [0.1, 0.15) is 52.7 Å². The maximum Gasteiger partial charge on any atom is 0.273 e. The lowest BCUT2D eigenvalue weighted by Gasteiger charge is -2.32. The number of carbonyl (C=O) groups excluding carboxylic acids is 3. The summed E-state index contributed by atoms with van der Waals surface area (Å²) < 4.78 is 22.9. The molecule has 3 aromatic rings. The number of aromatic nitrogens is 1. The molecule has 0 saturated heterocycles. The summed E-state index contributed by atoms with van der Waals surface area (Å²) in [6, 6.07) is 6.86. The smallest absolute Gasteiger partial charge is 0.273 e. The average Bonchev–Trinajstić information content (AvgIpc) is 3.34. The van der Waals surface area contributed by atoms with Crippen LogP contribution in [0.15, 0.2) is 47.1 Å². The number of nitrogens with one attached hydrogen (secondary N) is 1. The Labute approximate surface area is 187 Å². The zero-order valence-electron chi connectivity index (χ0n) is 17.6. The van der Waals surface area contributed by atoms with Gasteiger partial charge in [0.2, 0.25) is 0 Å². The van der Waals surface area contributed by atoms with Crippen LogP contribution in [-0.2, 0) is 4.79 Å². The standard InChI is InChI=1S/C21H22FN5O4S/c1-21(2,3)25-19(29)16(13-5-4-10-31-13)27(12-8-6-11(22)7-9-12)20(30)17-14(23)15(18(24)28)26-32-17/h4-10,16H,23H2,1-3H3,(H2,24,28)(H,25,29). The van der Waals surface area contributed by atoms with Crippen molar-refractivity contribution in [1.29, 1.82) is 0 Å². The number of hydrogen-bond acceptors (Lipinski definition) is 7. The van der Waals surface area contributed by atoms with Crippen LogP contribution in [0.25, 0.3) is 0 Å². The zero-order valence-corrected chi connectivity index (χ0v) is 18.4. The predicted octanol–water partition coefficient (Wildman–Crippen LogP) is 2.86. The Morgan fingerprint density at radius 1 is 1.19 bits per heavy atom. The minimum Gasteiger partial charge on any atom is -0.467 e. The van der Waals surface area contributed by atoms with E-state index in [1.54, 1.807) is 32.9 Å². The molecule has 1 unspecified atom stereocenters. The Morgan fingerprint density at radius 3 is 2.34 bits per heavy atom. The van der Waals surface area contributed by atoms with Gasteiger partial charge in [-0.3, -0.25) is 19.3 Å². The van der Waals surface area contributed by atoms with Crippen LogP contribution in [0.4, 0.5) is 15.8 Å². The summed E-state index contributed by atoms with van der Waals surface area (Å²) in [6.07, 6.45) is 1.37. The van der Waals surface area contributed by atoms with Gasteiger partial charge in [-0.1, -0.05) is 0 Å². The van der Waals surface area contributed by atoms with E-state index in [2.05, 4.69) is 9.69 Å². The molecule has 2 aromatic heterocycles. The Balaban J connectivity index is 2.18. The number of halogens is 1. The Bertz CT molecular complexity index is 1140. The number of furan rings is 1. The molecule has 168 valence electrons. The van der Waals surface area contributed by atoms with Crippen molar-refractivity contribution in [2.75, 3.05) is 10.6 Å². The van der Waals surface area contributed by atoms with E-state index in [0.717, 1.165) is 17.0 Å². The molecule has 2 heterocycles. The van der Waals surface area contributed by atoms with Gasteiger partial charge in [0.15, 0.2) is 11.7 Å². The lowest BCUT2D eigenvalue weighted by Crippen LogP contribution is -2.49. The third kappa shape index (κ3) is 4.78. The second kappa shape index (κ2) is 8.79. The first kappa shape index (κ1) is 22.9.